The molecule has 1 heterocycles. The van der Waals surface area contributed by atoms with E-state index in [-0.39, 0.29) is 5.91 Å². The Labute approximate surface area is 108 Å². The van der Waals surface area contributed by atoms with Crippen LogP contribution in [0.2, 0.25) is 0 Å². The molecule has 4 heteroatoms. The molecule has 1 aliphatic carbocycles. The van der Waals surface area contributed by atoms with Gasteiger partial charge in [-0.2, -0.15) is 0 Å². The minimum atomic E-state index is 0.101. The molecule has 0 aromatic carbocycles. The van der Waals surface area contributed by atoms with Gasteiger partial charge in [-0.05, 0) is 45.2 Å². The number of nitrogens with one attached hydrogen (secondary N) is 1. The van der Waals surface area contributed by atoms with Crippen LogP contribution in [-0.2, 0) is 0 Å². The molecule has 1 amide bonds. The van der Waals surface area contributed by atoms with Crippen molar-refractivity contribution in [3.05, 3.63) is 23.4 Å². The molecule has 0 aliphatic heterocycles. The number of amides is 1. The summed E-state index contributed by atoms with van der Waals surface area (Å²) in [5.41, 5.74) is 1.60. The van der Waals surface area contributed by atoms with E-state index in [4.69, 9.17) is 0 Å². The third-order valence-corrected chi connectivity index (χ3v) is 3.50. The largest absolute Gasteiger partial charge is 0.370 e. The topological polar surface area (TPSA) is 45.2 Å². The van der Waals surface area contributed by atoms with E-state index in [2.05, 4.69) is 10.3 Å². The molecular formula is C14H21N3O. The van der Waals surface area contributed by atoms with Gasteiger partial charge in [0.05, 0.1) is 0 Å². The highest BCUT2D eigenvalue weighted by atomic mass is 16.2. The Morgan fingerprint density at radius 2 is 2.22 bits per heavy atom. The van der Waals surface area contributed by atoms with Crippen molar-refractivity contribution in [3.8, 4) is 0 Å². The Morgan fingerprint density at radius 3 is 2.78 bits per heavy atom. The second kappa shape index (κ2) is 5.38. The molecule has 18 heavy (non-hydrogen) atoms. The van der Waals surface area contributed by atoms with Crippen LogP contribution < -0.4 is 5.32 Å². The van der Waals surface area contributed by atoms with Gasteiger partial charge in [0.2, 0.25) is 0 Å². The highest BCUT2D eigenvalue weighted by molar-refractivity contribution is 5.95. The average molecular weight is 247 g/mol. The summed E-state index contributed by atoms with van der Waals surface area (Å²) in [6, 6.07) is 4.13. The summed E-state index contributed by atoms with van der Waals surface area (Å²) < 4.78 is 0. The molecule has 0 atom stereocenters. The van der Waals surface area contributed by atoms with Crippen molar-refractivity contribution in [2.45, 2.75) is 39.2 Å². The molecule has 1 aromatic rings. The first-order valence-electron chi connectivity index (χ1n) is 6.61. The Kier molecular flexibility index (Phi) is 3.84. The Hall–Kier alpha value is -1.58. The van der Waals surface area contributed by atoms with Crippen molar-refractivity contribution in [1.29, 1.82) is 0 Å². The Bertz CT molecular complexity index is 441. The van der Waals surface area contributed by atoms with Gasteiger partial charge in [-0.1, -0.05) is 0 Å². The van der Waals surface area contributed by atoms with Crippen LogP contribution in [0.5, 0.6) is 0 Å². The first-order valence-corrected chi connectivity index (χ1v) is 6.61. The second-order valence-corrected chi connectivity index (χ2v) is 4.91. The van der Waals surface area contributed by atoms with E-state index >= 15 is 0 Å². The van der Waals surface area contributed by atoms with Crippen molar-refractivity contribution in [1.82, 2.24) is 9.88 Å². The molecule has 0 bridgehead atoms. The van der Waals surface area contributed by atoms with Gasteiger partial charge < -0.3 is 10.2 Å². The molecule has 1 saturated carbocycles. The lowest BCUT2D eigenvalue weighted by atomic mass is 9.91. The van der Waals surface area contributed by atoms with E-state index in [9.17, 15) is 4.79 Å². The number of aromatic nitrogens is 1. The predicted molar refractivity (Wildman–Crippen MR) is 72.9 cm³/mol. The van der Waals surface area contributed by atoms with Crippen molar-refractivity contribution in [2.75, 3.05) is 18.9 Å². The zero-order chi connectivity index (χ0) is 13.1. The number of anilines is 1. The van der Waals surface area contributed by atoms with Crippen LogP contribution in [-0.4, -0.2) is 35.4 Å². The molecule has 0 unspecified atom stereocenters. The van der Waals surface area contributed by atoms with Gasteiger partial charge >= 0.3 is 0 Å². The predicted octanol–water partition coefficient (Wildman–Crippen LogP) is 2.45. The van der Waals surface area contributed by atoms with Crippen molar-refractivity contribution < 1.29 is 4.79 Å². The summed E-state index contributed by atoms with van der Waals surface area (Å²) in [7, 11) is 1.90. The Balaban J connectivity index is 2.18. The third-order valence-electron chi connectivity index (χ3n) is 3.50. The quantitative estimate of drug-likeness (QED) is 0.889. The fraction of sp³-hybridized carbons (Fsp3) is 0.571. The lowest BCUT2D eigenvalue weighted by Crippen LogP contribution is -2.41. The summed E-state index contributed by atoms with van der Waals surface area (Å²) in [5.74, 6) is 0.882. The van der Waals surface area contributed by atoms with Crippen LogP contribution in [0.3, 0.4) is 0 Å². The molecule has 0 radical (unpaired) electrons. The molecule has 98 valence electrons. The van der Waals surface area contributed by atoms with Crippen LogP contribution in [0.4, 0.5) is 5.82 Å². The van der Waals surface area contributed by atoms with Crippen molar-refractivity contribution >= 4 is 11.7 Å². The third kappa shape index (κ3) is 2.63. The minimum Gasteiger partial charge on any atom is -0.370 e. The lowest BCUT2D eigenvalue weighted by Gasteiger charge is -2.34. The van der Waals surface area contributed by atoms with Crippen molar-refractivity contribution in [2.24, 2.45) is 0 Å². The number of nitrogens with zero attached hydrogens (tertiary/aromatic N) is 2. The number of hydrogen-bond donors (Lipinski definition) is 1. The number of carbonyl (C=O) groups excluding carboxylic acids is 1. The molecule has 1 fully saturated rings. The molecule has 0 saturated heterocycles. The van der Waals surface area contributed by atoms with Gasteiger partial charge in [0.15, 0.2) is 0 Å². The first kappa shape index (κ1) is 12.9. The van der Waals surface area contributed by atoms with E-state index in [0.29, 0.717) is 6.04 Å². The molecule has 1 aromatic heterocycles. The van der Waals surface area contributed by atoms with Gasteiger partial charge in [-0.3, -0.25) is 4.79 Å². The van der Waals surface area contributed by atoms with Crippen LogP contribution in [0.1, 0.15) is 42.2 Å². The standard InChI is InChI=1S/C14H21N3O/c1-4-15-13-9-11(8-10(2)16-13)14(18)17(3)12-6-5-7-12/h8-9,12H,4-7H2,1-3H3,(H,15,16). The van der Waals surface area contributed by atoms with Crippen molar-refractivity contribution in [3.63, 3.8) is 0 Å². The fourth-order valence-corrected chi connectivity index (χ4v) is 2.21. The summed E-state index contributed by atoms with van der Waals surface area (Å²) >= 11 is 0. The smallest absolute Gasteiger partial charge is 0.254 e. The van der Waals surface area contributed by atoms with Gasteiger partial charge in [0.25, 0.3) is 5.91 Å². The summed E-state index contributed by atoms with van der Waals surface area (Å²) in [6.07, 6.45) is 3.50. The normalized spacial score (nSPS) is 15.1. The zero-order valence-corrected chi connectivity index (χ0v) is 11.4. The monoisotopic (exact) mass is 247 g/mol. The first-order chi connectivity index (χ1) is 8.61. The second-order valence-electron chi connectivity index (χ2n) is 4.91. The van der Waals surface area contributed by atoms with Gasteiger partial charge in [0, 0.05) is 30.9 Å². The van der Waals surface area contributed by atoms with Gasteiger partial charge in [0.1, 0.15) is 5.82 Å². The van der Waals surface area contributed by atoms with E-state index in [0.717, 1.165) is 36.5 Å². The average Bonchev–Trinajstić information content (AvgIpc) is 2.25. The zero-order valence-electron chi connectivity index (χ0n) is 11.4. The Morgan fingerprint density at radius 1 is 1.50 bits per heavy atom. The van der Waals surface area contributed by atoms with E-state index in [1.807, 2.05) is 37.9 Å². The summed E-state index contributed by atoms with van der Waals surface area (Å²) in [5, 5.41) is 3.16. The molecule has 0 spiro atoms. The van der Waals surface area contributed by atoms with Crippen LogP contribution in [0, 0.1) is 6.92 Å². The van der Waals surface area contributed by atoms with E-state index in [1.165, 1.54) is 6.42 Å². The number of rotatable bonds is 4. The van der Waals surface area contributed by atoms with E-state index in [1.54, 1.807) is 0 Å². The molecule has 1 aliphatic rings. The lowest BCUT2D eigenvalue weighted by molar-refractivity contribution is 0.0652. The highest BCUT2D eigenvalue weighted by Gasteiger charge is 2.26. The summed E-state index contributed by atoms with van der Waals surface area (Å²) in [4.78, 5) is 18.6. The molecular weight excluding hydrogens is 226 g/mol. The SMILES string of the molecule is CCNc1cc(C(=O)N(C)C2CCC2)cc(C)n1. The maximum absolute atomic E-state index is 12.4. The van der Waals surface area contributed by atoms with Crippen LogP contribution >= 0.6 is 0 Å². The van der Waals surface area contributed by atoms with Crippen LogP contribution in [0.25, 0.3) is 0 Å². The van der Waals surface area contributed by atoms with Gasteiger partial charge in [-0.25, -0.2) is 4.98 Å². The number of carbonyl (C=O) groups is 1. The number of pyridine rings is 1. The maximum atomic E-state index is 12.4. The molecule has 2 rings (SSSR count). The number of aryl methyl sites for hydroxylation is 1. The molecule has 1 N–H and O–H groups in total. The fourth-order valence-electron chi connectivity index (χ4n) is 2.21. The summed E-state index contributed by atoms with van der Waals surface area (Å²) in [6.45, 7) is 4.75. The molecule has 4 nitrogen and oxygen atoms in total. The number of hydrogen-bond acceptors (Lipinski definition) is 3. The highest BCUT2D eigenvalue weighted by Crippen LogP contribution is 2.25. The van der Waals surface area contributed by atoms with Crippen LogP contribution in [0.15, 0.2) is 12.1 Å². The maximum Gasteiger partial charge on any atom is 0.254 e. The minimum absolute atomic E-state index is 0.101. The van der Waals surface area contributed by atoms with E-state index < -0.39 is 0 Å². The van der Waals surface area contributed by atoms with Gasteiger partial charge in [-0.15, -0.1) is 0 Å².